The van der Waals surface area contributed by atoms with E-state index in [1.807, 2.05) is 11.8 Å². The van der Waals surface area contributed by atoms with Gasteiger partial charge in [-0.15, -0.1) is 0 Å². The summed E-state index contributed by atoms with van der Waals surface area (Å²) >= 11 is 4.79. The summed E-state index contributed by atoms with van der Waals surface area (Å²) in [5, 5.41) is 9.31. The Balaban J connectivity index is 2.11. The maximum absolute atomic E-state index is 12.3. The van der Waals surface area contributed by atoms with Gasteiger partial charge in [-0.1, -0.05) is 6.92 Å². The van der Waals surface area contributed by atoms with Crippen LogP contribution in [0.25, 0.3) is 0 Å². The van der Waals surface area contributed by atoms with Crippen molar-refractivity contribution < 1.29 is 22.7 Å². The monoisotopic (exact) mass is 397 g/mol. The highest BCUT2D eigenvalue weighted by Gasteiger charge is 2.31. The summed E-state index contributed by atoms with van der Waals surface area (Å²) in [5.41, 5.74) is 0. The van der Waals surface area contributed by atoms with Gasteiger partial charge in [0, 0.05) is 17.4 Å². The Bertz CT molecular complexity index is 628. The lowest BCUT2D eigenvalue weighted by molar-refractivity contribution is 0.0661. The van der Waals surface area contributed by atoms with Gasteiger partial charge in [-0.3, -0.25) is 0 Å². The van der Waals surface area contributed by atoms with Crippen LogP contribution in [0.1, 0.15) is 36.7 Å². The van der Waals surface area contributed by atoms with Crippen LogP contribution in [-0.2, 0) is 10.0 Å². The van der Waals surface area contributed by atoms with Crippen LogP contribution in [-0.4, -0.2) is 36.5 Å². The van der Waals surface area contributed by atoms with Crippen molar-refractivity contribution in [2.75, 3.05) is 5.75 Å². The van der Waals surface area contributed by atoms with E-state index in [-0.39, 0.29) is 15.6 Å². The van der Waals surface area contributed by atoms with Crippen molar-refractivity contribution in [1.82, 2.24) is 4.72 Å². The van der Waals surface area contributed by atoms with Crippen LogP contribution in [0, 0.1) is 0 Å². The molecule has 1 aliphatic carbocycles. The molecular weight excluding hydrogens is 382 g/mol. The number of halogens is 1. The molecule has 0 amide bonds. The molecule has 2 rings (SSSR count). The van der Waals surface area contributed by atoms with Gasteiger partial charge in [-0.2, -0.15) is 11.8 Å². The lowest BCUT2D eigenvalue weighted by Crippen LogP contribution is -2.33. The zero-order valence-electron chi connectivity index (χ0n) is 11.3. The van der Waals surface area contributed by atoms with E-state index in [0.29, 0.717) is 5.25 Å². The van der Waals surface area contributed by atoms with Crippen LogP contribution < -0.4 is 4.72 Å². The Morgan fingerprint density at radius 2 is 2.29 bits per heavy atom. The number of hydrogen-bond donors (Lipinski definition) is 2. The Morgan fingerprint density at radius 1 is 1.57 bits per heavy atom. The highest BCUT2D eigenvalue weighted by atomic mass is 79.9. The highest BCUT2D eigenvalue weighted by molar-refractivity contribution is 9.10. The third-order valence-corrected chi connectivity index (χ3v) is 6.87. The Labute approximate surface area is 135 Å². The van der Waals surface area contributed by atoms with Crippen molar-refractivity contribution in [3.8, 4) is 0 Å². The minimum atomic E-state index is -3.79. The van der Waals surface area contributed by atoms with Crippen molar-refractivity contribution in [3.63, 3.8) is 0 Å². The molecule has 0 radical (unpaired) electrons. The number of carboxylic acids is 1. The van der Waals surface area contributed by atoms with Gasteiger partial charge < -0.3 is 9.52 Å². The van der Waals surface area contributed by atoms with Crippen LogP contribution in [0.2, 0.25) is 0 Å². The first kappa shape index (κ1) is 16.9. The lowest BCUT2D eigenvalue weighted by atomic mass is 10.3. The normalized spacial score (nSPS) is 22.6. The fourth-order valence-corrected chi connectivity index (χ4v) is 5.72. The molecule has 2 unspecified atom stereocenters. The first-order chi connectivity index (χ1) is 9.83. The summed E-state index contributed by atoms with van der Waals surface area (Å²) in [6.07, 6.45) is 2.57. The Kier molecular flexibility index (Phi) is 5.39. The lowest BCUT2D eigenvalue weighted by Gasteiger charge is -2.12. The number of carbonyl (C=O) groups is 1. The average Bonchev–Trinajstić information content (AvgIpc) is 2.96. The first-order valence-corrected chi connectivity index (χ1v) is 9.82. The number of carboxylic acid groups (broad SMARTS) is 1. The van der Waals surface area contributed by atoms with Crippen LogP contribution in [0.15, 0.2) is 20.0 Å². The molecule has 1 heterocycles. The molecule has 118 valence electrons. The van der Waals surface area contributed by atoms with E-state index in [1.54, 1.807) is 0 Å². The van der Waals surface area contributed by atoms with E-state index in [4.69, 9.17) is 9.52 Å². The average molecular weight is 398 g/mol. The number of furan rings is 1. The molecular formula is C12H16BrNO5S2. The first-order valence-electron chi connectivity index (χ1n) is 6.50. The van der Waals surface area contributed by atoms with Crippen molar-refractivity contribution in [2.24, 2.45) is 0 Å². The number of hydrogen-bond acceptors (Lipinski definition) is 5. The van der Waals surface area contributed by atoms with Gasteiger partial charge in [0.2, 0.25) is 15.8 Å². The molecule has 2 atom stereocenters. The molecule has 1 aromatic rings. The molecule has 0 saturated heterocycles. The minimum absolute atomic E-state index is 0.0927. The molecule has 2 N–H and O–H groups in total. The summed E-state index contributed by atoms with van der Waals surface area (Å²) in [6.45, 7) is 2.08. The molecule has 0 aromatic carbocycles. The predicted octanol–water partition coefficient (Wildman–Crippen LogP) is 2.69. The van der Waals surface area contributed by atoms with Crippen LogP contribution in [0.5, 0.6) is 0 Å². The largest absolute Gasteiger partial charge is 0.475 e. The standard InChI is InChI=1S/C12H16BrNO5S2/c1-2-20-8-4-3-7(5-8)14-21(17,18)10-6-9(12(15)16)19-11(10)13/h6-8,14H,2-5H2,1H3,(H,15,16). The number of rotatable bonds is 6. The Morgan fingerprint density at radius 3 is 2.86 bits per heavy atom. The smallest absolute Gasteiger partial charge is 0.371 e. The van der Waals surface area contributed by atoms with Gasteiger partial charge in [0.15, 0.2) is 4.67 Å². The van der Waals surface area contributed by atoms with Gasteiger partial charge in [-0.05, 0) is 40.9 Å². The molecule has 0 bridgehead atoms. The molecule has 1 saturated carbocycles. The fraction of sp³-hybridized carbons (Fsp3) is 0.583. The minimum Gasteiger partial charge on any atom is -0.475 e. The van der Waals surface area contributed by atoms with Crippen molar-refractivity contribution in [2.45, 2.75) is 42.4 Å². The Hall–Kier alpha value is -0.510. The SMILES string of the molecule is CCSC1CCC(NS(=O)(=O)c2cc(C(=O)O)oc2Br)C1. The highest BCUT2D eigenvalue weighted by Crippen LogP contribution is 2.32. The van der Waals surface area contributed by atoms with Gasteiger partial charge in [0.25, 0.3) is 0 Å². The van der Waals surface area contributed by atoms with Gasteiger partial charge in [0.1, 0.15) is 4.90 Å². The van der Waals surface area contributed by atoms with E-state index in [9.17, 15) is 13.2 Å². The topological polar surface area (TPSA) is 96.6 Å². The second-order valence-corrected chi connectivity index (χ2v) is 8.74. The third kappa shape index (κ3) is 4.02. The molecule has 21 heavy (non-hydrogen) atoms. The second kappa shape index (κ2) is 6.72. The number of nitrogens with one attached hydrogen (secondary N) is 1. The van der Waals surface area contributed by atoms with Crippen molar-refractivity contribution >= 4 is 43.7 Å². The molecule has 0 aliphatic heterocycles. The molecule has 1 fully saturated rings. The fourth-order valence-electron chi connectivity index (χ4n) is 2.36. The summed E-state index contributed by atoms with van der Waals surface area (Å²) < 4.78 is 32.0. The number of sulfonamides is 1. The molecule has 9 heteroatoms. The summed E-state index contributed by atoms with van der Waals surface area (Å²) in [6, 6.07) is 0.899. The summed E-state index contributed by atoms with van der Waals surface area (Å²) in [4.78, 5) is 10.6. The quantitative estimate of drug-likeness (QED) is 0.765. The molecule has 1 aromatic heterocycles. The maximum atomic E-state index is 12.3. The second-order valence-electron chi connectivity index (χ2n) is 4.76. The zero-order chi connectivity index (χ0) is 15.6. The van der Waals surface area contributed by atoms with E-state index >= 15 is 0 Å². The van der Waals surface area contributed by atoms with Crippen LogP contribution in [0.4, 0.5) is 0 Å². The van der Waals surface area contributed by atoms with Crippen LogP contribution >= 0.6 is 27.7 Å². The van der Waals surface area contributed by atoms with E-state index in [1.165, 1.54) is 0 Å². The maximum Gasteiger partial charge on any atom is 0.371 e. The molecule has 1 aliphatic rings. The van der Waals surface area contributed by atoms with E-state index in [0.717, 1.165) is 31.1 Å². The molecule has 6 nitrogen and oxygen atoms in total. The van der Waals surface area contributed by atoms with Crippen molar-refractivity contribution in [1.29, 1.82) is 0 Å². The summed E-state index contributed by atoms with van der Waals surface area (Å²) in [7, 11) is -3.79. The van der Waals surface area contributed by atoms with E-state index < -0.39 is 21.8 Å². The van der Waals surface area contributed by atoms with E-state index in [2.05, 4.69) is 27.6 Å². The summed E-state index contributed by atoms with van der Waals surface area (Å²) in [5.74, 6) is -0.704. The van der Waals surface area contributed by atoms with Gasteiger partial charge in [0.05, 0.1) is 0 Å². The number of thioether (sulfide) groups is 1. The zero-order valence-corrected chi connectivity index (χ0v) is 14.6. The van der Waals surface area contributed by atoms with Gasteiger partial charge >= 0.3 is 5.97 Å². The molecule has 0 spiro atoms. The third-order valence-electron chi connectivity index (χ3n) is 3.26. The van der Waals surface area contributed by atoms with Crippen molar-refractivity contribution in [3.05, 3.63) is 16.5 Å². The number of aromatic carboxylic acids is 1. The predicted molar refractivity (Wildman–Crippen MR) is 83.2 cm³/mol. The van der Waals surface area contributed by atoms with Gasteiger partial charge in [-0.25, -0.2) is 17.9 Å². The van der Waals surface area contributed by atoms with Crippen LogP contribution in [0.3, 0.4) is 0 Å².